The minimum absolute atomic E-state index is 0. The summed E-state index contributed by atoms with van der Waals surface area (Å²) in [5, 5.41) is 0. The number of carbonyl (C=O) groups is 2. The Labute approximate surface area is 118 Å². The number of hydrogen-bond donors (Lipinski definition) is 0. The number of ether oxygens (including phenoxy) is 1. The molecule has 93 valence electrons. The van der Waals surface area contributed by atoms with Gasteiger partial charge in [-0.05, 0) is 24.3 Å². The molecule has 2 aromatic carbocycles. The normalized spacial score (nSPS) is 9.11. The molecule has 0 N–H and O–H groups in total. The van der Waals surface area contributed by atoms with Crippen LogP contribution in [-0.2, 0) is 24.2 Å². The summed E-state index contributed by atoms with van der Waals surface area (Å²) in [5.41, 5.74) is 0.716. The van der Waals surface area contributed by atoms with Gasteiger partial charge in [0.2, 0.25) is 0 Å². The van der Waals surface area contributed by atoms with Crippen LogP contribution in [0, 0.1) is 0 Å². The first-order valence-electron chi connectivity index (χ1n) is 5.14. The fourth-order valence-corrected chi connectivity index (χ4v) is 1.35. The molecule has 0 unspecified atom stereocenters. The fraction of sp³-hybridized carbons (Fsp3) is 0. The molecule has 0 bridgehead atoms. The van der Waals surface area contributed by atoms with E-state index in [0.717, 1.165) is 0 Å². The van der Waals surface area contributed by atoms with Crippen molar-refractivity contribution < 1.29 is 33.8 Å². The molecule has 0 aliphatic heterocycles. The summed E-state index contributed by atoms with van der Waals surface area (Å²) in [6, 6.07) is 16.8. The summed E-state index contributed by atoms with van der Waals surface area (Å²) in [6.45, 7) is 0. The van der Waals surface area contributed by atoms with Crippen LogP contribution in [0.3, 0.4) is 0 Å². The maximum absolute atomic E-state index is 11.6. The average molecular weight is 329 g/mol. The van der Waals surface area contributed by atoms with Crippen LogP contribution >= 0.6 is 0 Å². The van der Waals surface area contributed by atoms with Crippen molar-refractivity contribution in [3.05, 3.63) is 71.8 Å². The second kappa shape index (κ2) is 6.82. The number of carbonyl (C=O) groups excluding carboxylic acids is 2. The summed E-state index contributed by atoms with van der Waals surface area (Å²) < 4.78 is 4.74. The fourth-order valence-electron chi connectivity index (χ4n) is 1.35. The standard InChI is InChI=1S/C14H10O3.Rh/c15-13(11-7-3-1-4-8-11)17-14(16)12-9-5-2-6-10-12;/h1-10H;. The summed E-state index contributed by atoms with van der Waals surface area (Å²) in [5.74, 6) is -1.28. The average Bonchev–Trinajstić information content (AvgIpc) is 2.40. The second-order valence-electron chi connectivity index (χ2n) is 3.41. The molecule has 0 aromatic heterocycles. The number of rotatable bonds is 2. The van der Waals surface area contributed by atoms with E-state index in [9.17, 15) is 9.59 Å². The van der Waals surface area contributed by atoms with E-state index in [1.54, 1.807) is 60.7 Å². The second-order valence-corrected chi connectivity index (χ2v) is 3.41. The maximum Gasteiger partial charge on any atom is 0.346 e. The first kappa shape index (κ1) is 14.3. The molecule has 0 fully saturated rings. The van der Waals surface area contributed by atoms with Crippen molar-refractivity contribution in [2.24, 2.45) is 0 Å². The Morgan fingerprint density at radius 3 is 1.33 bits per heavy atom. The van der Waals surface area contributed by atoms with Crippen molar-refractivity contribution in [1.82, 2.24) is 0 Å². The summed E-state index contributed by atoms with van der Waals surface area (Å²) in [4.78, 5) is 23.2. The topological polar surface area (TPSA) is 43.4 Å². The smallest absolute Gasteiger partial charge is 0.346 e. The molecule has 0 amide bonds. The van der Waals surface area contributed by atoms with Gasteiger partial charge in [0, 0.05) is 19.5 Å². The molecule has 0 saturated carbocycles. The Balaban J connectivity index is 0.00000162. The Bertz CT molecular complexity index is 474. The number of benzene rings is 2. The van der Waals surface area contributed by atoms with Crippen molar-refractivity contribution in [1.29, 1.82) is 0 Å². The van der Waals surface area contributed by atoms with Gasteiger partial charge in [-0.1, -0.05) is 36.4 Å². The zero-order valence-electron chi connectivity index (χ0n) is 9.33. The Hall–Kier alpha value is -1.80. The molecular formula is C14H10O3Rh. The van der Waals surface area contributed by atoms with Gasteiger partial charge in [-0.15, -0.1) is 0 Å². The van der Waals surface area contributed by atoms with Crippen LogP contribution in [0.5, 0.6) is 0 Å². The van der Waals surface area contributed by atoms with Crippen LogP contribution in [-0.4, -0.2) is 11.9 Å². The Morgan fingerprint density at radius 2 is 1.00 bits per heavy atom. The molecule has 4 heteroatoms. The van der Waals surface area contributed by atoms with E-state index in [-0.39, 0.29) is 19.5 Å². The van der Waals surface area contributed by atoms with Crippen molar-refractivity contribution in [2.45, 2.75) is 0 Å². The van der Waals surface area contributed by atoms with Crippen LogP contribution in [0.2, 0.25) is 0 Å². The van der Waals surface area contributed by atoms with Gasteiger partial charge in [0.25, 0.3) is 0 Å². The van der Waals surface area contributed by atoms with Gasteiger partial charge in [0.1, 0.15) is 0 Å². The molecule has 0 saturated heterocycles. The molecule has 2 rings (SSSR count). The van der Waals surface area contributed by atoms with Crippen molar-refractivity contribution in [3.63, 3.8) is 0 Å². The molecule has 1 radical (unpaired) electrons. The van der Waals surface area contributed by atoms with E-state index >= 15 is 0 Å². The van der Waals surface area contributed by atoms with Gasteiger partial charge in [0.05, 0.1) is 11.1 Å². The summed E-state index contributed by atoms with van der Waals surface area (Å²) >= 11 is 0. The minimum atomic E-state index is -0.639. The van der Waals surface area contributed by atoms with E-state index in [2.05, 4.69) is 0 Å². The molecule has 2 aromatic rings. The predicted octanol–water partition coefficient (Wildman–Crippen LogP) is 2.68. The van der Waals surface area contributed by atoms with Gasteiger partial charge >= 0.3 is 11.9 Å². The SMILES string of the molecule is O=C(OC(=O)c1ccccc1)c1ccccc1.[Rh]. The zero-order valence-corrected chi connectivity index (χ0v) is 11.0. The third-order valence-electron chi connectivity index (χ3n) is 2.20. The third-order valence-corrected chi connectivity index (χ3v) is 2.20. The Morgan fingerprint density at radius 1 is 0.667 bits per heavy atom. The van der Waals surface area contributed by atoms with E-state index in [0.29, 0.717) is 11.1 Å². The predicted molar refractivity (Wildman–Crippen MR) is 62.6 cm³/mol. The minimum Gasteiger partial charge on any atom is -0.386 e. The van der Waals surface area contributed by atoms with Crippen molar-refractivity contribution >= 4 is 11.9 Å². The quantitative estimate of drug-likeness (QED) is 0.483. The largest absolute Gasteiger partial charge is 0.386 e. The van der Waals surface area contributed by atoms with E-state index in [1.165, 1.54) is 0 Å². The molecule has 18 heavy (non-hydrogen) atoms. The van der Waals surface area contributed by atoms with Crippen molar-refractivity contribution in [3.8, 4) is 0 Å². The van der Waals surface area contributed by atoms with E-state index in [1.807, 2.05) is 0 Å². The van der Waals surface area contributed by atoms with Gasteiger partial charge in [-0.2, -0.15) is 0 Å². The molecule has 0 spiro atoms. The van der Waals surface area contributed by atoms with Gasteiger partial charge in [0.15, 0.2) is 0 Å². The van der Waals surface area contributed by atoms with E-state index in [4.69, 9.17) is 4.74 Å². The number of esters is 2. The maximum atomic E-state index is 11.6. The van der Waals surface area contributed by atoms with Crippen LogP contribution in [0.1, 0.15) is 20.7 Å². The van der Waals surface area contributed by atoms with Crippen molar-refractivity contribution in [2.75, 3.05) is 0 Å². The molecule has 0 aliphatic rings. The van der Waals surface area contributed by atoms with Crippen LogP contribution < -0.4 is 0 Å². The zero-order chi connectivity index (χ0) is 12.1. The molecule has 0 aliphatic carbocycles. The summed E-state index contributed by atoms with van der Waals surface area (Å²) in [6.07, 6.45) is 0. The molecule has 0 heterocycles. The van der Waals surface area contributed by atoms with Gasteiger partial charge < -0.3 is 4.74 Å². The Kier molecular flexibility index (Phi) is 5.41. The van der Waals surface area contributed by atoms with Crippen LogP contribution in [0.4, 0.5) is 0 Å². The molecule has 3 nitrogen and oxygen atoms in total. The first-order valence-corrected chi connectivity index (χ1v) is 5.14. The monoisotopic (exact) mass is 329 g/mol. The van der Waals surface area contributed by atoms with Gasteiger partial charge in [-0.25, -0.2) is 9.59 Å². The van der Waals surface area contributed by atoms with Crippen LogP contribution in [0.15, 0.2) is 60.7 Å². The summed E-state index contributed by atoms with van der Waals surface area (Å²) in [7, 11) is 0. The van der Waals surface area contributed by atoms with E-state index < -0.39 is 11.9 Å². The number of hydrogen-bond acceptors (Lipinski definition) is 3. The van der Waals surface area contributed by atoms with Gasteiger partial charge in [-0.3, -0.25) is 0 Å². The first-order chi connectivity index (χ1) is 8.27. The third kappa shape index (κ3) is 3.61. The molecular weight excluding hydrogens is 319 g/mol. The van der Waals surface area contributed by atoms with Crippen LogP contribution in [0.25, 0.3) is 0 Å². The molecule has 0 atom stereocenters.